The Labute approximate surface area is 99.9 Å². The first-order valence-corrected chi connectivity index (χ1v) is 3.85. The summed E-state index contributed by atoms with van der Waals surface area (Å²) in [6.45, 7) is 1.86. The van der Waals surface area contributed by atoms with Crippen LogP contribution in [0.2, 0.25) is 0 Å². The third-order valence-corrected chi connectivity index (χ3v) is 1.55. The quantitative estimate of drug-likeness (QED) is 0.823. The minimum Gasteiger partial charge on any atom is -0.480 e. The molecule has 1 aromatic heterocycles. The van der Waals surface area contributed by atoms with Crippen molar-refractivity contribution >= 4 is 30.8 Å². The number of halogens is 2. The summed E-state index contributed by atoms with van der Waals surface area (Å²) in [5.74, 6) is -0.579. The highest BCUT2D eigenvalue weighted by Crippen LogP contribution is 1.96. The molecule has 5 nitrogen and oxygen atoms in total. The first-order valence-electron chi connectivity index (χ1n) is 3.85. The van der Waals surface area contributed by atoms with E-state index in [-0.39, 0.29) is 31.2 Å². The molecule has 1 heterocycles. The molecule has 0 bridgehead atoms. The Hall–Kier alpha value is -0.910. The van der Waals surface area contributed by atoms with Gasteiger partial charge >= 0.3 is 5.97 Å². The topological polar surface area (TPSA) is 89.1 Å². The number of aromatic nitrogens is 2. The number of rotatable bonds is 3. The lowest BCUT2D eigenvalue weighted by molar-refractivity contribution is -0.138. The highest BCUT2D eigenvalue weighted by atomic mass is 35.5. The second kappa shape index (κ2) is 7.39. The summed E-state index contributed by atoms with van der Waals surface area (Å²) in [6.07, 6.45) is 3.43. The molecule has 1 rings (SSSR count). The number of aryl methyl sites for hydroxylation is 1. The number of nitrogens with two attached hydrogens (primary N) is 1. The monoisotopic (exact) mass is 253 g/mol. The van der Waals surface area contributed by atoms with Gasteiger partial charge in [-0.15, -0.1) is 24.8 Å². The van der Waals surface area contributed by atoms with Crippen molar-refractivity contribution in [1.29, 1.82) is 0 Å². The van der Waals surface area contributed by atoms with Crippen molar-refractivity contribution in [2.75, 3.05) is 0 Å². The van der Waals surface area contributed by atoms with Crippen LogP contribution in [0, 0.1) is 6.92 Å². The summed E-state index contributed by atoms with van der Waals surface area (Å²) in [6, 6.07) is -0.928. The lowest BCUT2D eigenvalue weighted by Gasteiger charge is -2.04. The van der Waals surface area contributed by atoms with Gasteiger partial charge in [-0.1, -0.05) is 0 Å². The van der Waals surface area contributed by atoms with Gasteiger partial charge in [-0.3, -0.25) is 4.79 Å². The van der Waals surface area contributed by atoms with Crippen molar-refractivity contribution < 1.29 is 9.90 Å². The van der Waals surface area contributed by atoms with Crippen molar-refractivity contribution in [3.05, 3.63) is 23.8 Å². The molecule has 0 aliphatic heterocycles. The smallest absolute Gasteiger partial charge is 0.320 e. The van der Waals surface area contributed by atoms with Crippen molar-refractivity contribution in [2.45, 2.75) is 19.4 Å². The van der Waals surface area contributed by atoms with Crippen molar-refractivity contribution in [3.63, 3.8) is 0 Å². The Bertz CT molecular complexity index is 305. The lowest BCUT2D eigenvalue weighted by atomic mass is 10.2. The van der Waals surface area contributed by atoms with Crippen LogP contribution >= 0.6 is 24.8 Å². The molecular formula is C8H13Cl2N3O2. The summed E-state index contributed by atoms with van der Waals surface area (Å²) in [5, 5.41) is 8.52. The number of hydrogen-bond acceptors (Lipinski definition) is 4. The Balaban J connectivity index is 0. The van der Waals surface area contributed by atoms with Gasteiger partial charge in [0.05, 0.1) is 0 Å². The maximum absolute atomic E-state index is 10.4. The van der Waals surface area contributed by atoms with Crippen LogP contribution in [0.1, 0.15) is 11.4 Å². The highest BCUT2D eigenvalue weighted by molar-refractivity contribution is 5.85. The molecule has 86 valence electrons. The van der Waals surface area contributed by atoms with E-state index in [4.69, 9.17) is 10.8 Å². The van der Waals surface area contributed by atoms with Gasteiger partial charge in [0.2, 0.25) is 0 Å². The zero-order valence-corrected chi connectivity index (χ0v) is 9.72. The Morgan fingerprint density at radius 2 is 1.93 bits per heavy atom. The van der Waals surface area contributed by atoms with E-state index >= 15 is 0 Å². The van der Waals surface area contributed by atoms with E-state index < -0.39 is 12.0 Å². The lowest BCUT2D eigenvalue weighted by Crippen LogP contribution is -2.32. The standard InChI is InChI=1S/C8H11N3O2.2ClH/c1-5-3-10-7(11-4-5)2-6(9)8(12)13;;/h3-4,6H,2,9H2,1H3,(H,12,13);2*1H. The molecule has 3 N–H and O–H groups in total. The van der Waals surface area contributed by atoms with Crippen LogP contribution in [0.25, 0.3) is 0 Å². The number of carboxylic acid groups (broad SMARTS) is 1. The molecule has 1 unspecified atom stereocenters. The first kappa shape index (κ1) is 16.5. The van der Waals surface area contributed by atoms with E-state index in [1.54, 1.807) is 12.4 Å². The molecule has 0 saturated carbocycles. The van der Waals surface area contributed by atoms with Gasteiger partial charge in [-0.25, -0.2) is 9.97 Å². The van der Waals surface area contributed by atoms with Gasteiger partial charge in [0.25, 0.3) is 0 Å². The Kier molecular flexibility index (Phi) is 8.14. The number of hydrogen-bond donors (Lipinski definition) is 2. The van der Waals surface area contributed by atoms with E-state index in [0.29, 0.717) is 5.82 Å². The minimum atomic E-state index is -1.04. The molecule has 0 fully saturated rings. The predicted octanol–water partition coefficient (Wildman–Crippen LogP) is 0.583. The maximum Gasteiger partial charge on any atom is 0.320 e. The van der Waals surface area contributed by atoms with Crippen molar-refractivity contribution in [3.8, 4) is 0 Å². The zero-order chi connectivity index (χ0) is 9.84. The van der Waals surface area contributed by atoms with Gasteiger partial charge < -0.3 is 10.8 Å². The van der Waals surface area contributed by atoms with Crippen LogP contribution in [0.15, 0.2) is 12.4 Å². The average molecular weight is 254 g/mol. The summed E-state index contributed by atoms with van der Waals surface area (Å²) in [7, 11) is 0. The molecule has 0 amide bonds. The zero-order valence-electron chi connectivity index (χ0n) is 8.08. The summed E-state index contributed by atoms with van der Waals surface area (Å²) >= 11 is 0. The fourth-order valence-corrected chi connectivity index (χ4v) is 0.809. The maximum atomic E-state index is 10.4. The van der Waals surface area contributed by atoms with Crippen LogP contribution in [0.3, 0.4) is 0 Å². The number of carboxylic acids is 1. The molecule has 1 atom stereocenters. The van der Waals surface area contributed by atoms with Crippen LogP contribution in [-0.4, -0.2) is 27.1 Å². The molecule has 15 heavy (non-hydrogen) atoms. The molecule has 0 aromatic carbocycles. The van der Waals surface area contributed by atoms with Gasteiger partial charge in [0.1, 0.15) is 11.9 Å². The van der Waals surface area contributed by atoms with Crippen molar-refractivity contribution in [1.82, 2.24) is 9.97 Å². The summed E-state index contributed by atoms with van der Waals surface area (Å²) < 4.78 is 0. The molecule has 1 aromatic rings. The van der Waals surface area contributed by atoms with Gasteiger partial charge in [-0.2, -0.15) is 0 Å². The first-order chi connectivity index (χ1) is 6.09. The van der Waals surface area contributed by atoms with E-state index in [1.807, 2.05) is 6.92 Å². The second-order valence-corrected chi connectivity index (χ2v) is 2.83. The average Bonchev–Trinajstić information content (AvgIpc) is 2.08. The molecule has 0 spiro atoms. The van der Waals surface area contributed by atoms with E-state index in [0.717, 1.165) is 5.56 Å². The normalized spacial score (nSPS) is 10.8. The molecule has 7 heteroatoms. The van der Waals surface area contributed by atoms with E-state index in [1.165, 1.54) is 0 Å². The fourth-order valence-electron chi connectivity index (χ4n) is 0.809. The highest BCUT2D eigenvalue weighted by Gasteiger charge is 2.13. The summed E-state index contributed by atoms with van der Waals surface area (Å²) in [5.41, 5.74) is 6.24. The van der Waals surface area contributed by atoms with Gasteiger partial charge in [0, 0.05) is 18.8 Å². The molecule has 0 saturated heterocycles. The van der Waals surface area contributed by atoms with Crippen LogP contribution in [0.4, 0.5) is 0 Å². The molecule has 0 radical (unpaired) electrons. The van der Waals surface area contributed by atoms with Crippen LogP contribution in [-0.2, 0) is 11.2 Å². The largest absolute Gasteiger partial charge is 0.480 e. The van der Waals surface area contributed by atoms with Gasteiger partial charge in [0.15, 0.2) is 0 Å². The van der Waals surface area contributed by atoms with E-state index in [2.05, 4.69) is 9.97 Å². The molecule has 0 aliphatic rings. The van der Waals surface area contributed by atoms with E-state index in [9.17, 15) is 4.79 Å². The Morgan fingerprint density at radius 1 is 1.47 bits per heavy atom. The van der Waals surface area contributed by atoms with Crippen LogP contribution in [0.5, 0.6) is 0 Å². The van der Waals surface area contributed by atoms with Crippen molar-refractivity contribution in [2.24, 2.45) is 5.73 Å². The number of aliphatic carboxylic acids is 1. The minimum absolute atomic E-state index is 0. The third kappa shape index (κ3) is 5.51. The number of carbonyl (C=O) groups is 1. The molecule has 0 aliphatic carbocycles. The van der Waals surface area contributed by atoms with Gasteiger partial charge in [-0.05, 0) is 12.5 Å². The Morgan fingerprint density at radius 3 is 2.33 bits per heavy atom. The molecular weight excluding hydrogens is 241 g/mol. The fraction of sp³-hybridized carbons (Fsp3) is 0.375. The predicted molar refractivity (Wildman–Crippen MR) is 60.6 cm³/mol. The SMILES string of the molecule is Cc1cnc(CC(N)C(=O)O)nc1.Cl.Cl. The second-order valence-electron chi connectivity index (χ2n) is 2.83. The van der Waals surface area contributed by atoms with Crippen LogP contribution < -0.4 is 5.73 Å². The number of nitrogens with zero attached hydrogens (tertiary/aromatic N) is 2. The summed E-state index contributed by atoms with van der Waals surface area (Å²) in [4.78, 5) is 18.3. The third-order valence-electron chi connectivity index (χ3n) is 1.55.